The van der Waals surface area contributed by atoms with Crippen LogP contribution in [0.5, 0.6) is 0 Å². The Balaban J connectivity index is 4.62. The van der Waals surface area contributed by atoms with Crippen molar-refractivity contribution in [3.05, 3.63) is 0 Å². The maximum Gasteiger partial charge on any atom is 0.153 e. The molecule has 0 rings (SSSR count). The fourth-order valence-electron chi connectivity index (χ4n) is 2.37. The molecule has 0 spiro atoms. The van der Waals surface area contributed by atoms with Gasteiger partial charge in [0.25, 0.3) is 0 Å². The van der Waals surface area contributed by atoms with E-state index in [1.54, 1.807) is 13.0 Å². The summed E-state index contributed by atoms with van der Waals surface area (Å²) < 4.78 is 0. The van der Waals surface area contributed by atoms with E-state index in [0.717, 1.165) is 0 Å². The molecular weight excluding hydrogens is 951 g/mol. The standard InChI is InChI=1S/C78H3N/c1-2-3-4-5-6-7-8-9-10-11-12-13-14-15-16-17-18-19-20-21-22-23-24-25-26-27-28-29-30-31-32-33-34-35-36-37-38-39-40-41-42-43-44-45-46-47-48-49-50-51-52-53-54-55-56-57-58-59-60-61-62-63-64-65-66-67-68-69-70-71-72-73-74-75-76-77-78-79/h1H3. The SMILES string of the molecule is CC#CC#CC#CC#CC#CC#CC#CC#CC#CC#CC#CC#CC#CC#CC#CC#CC#CC#CC#CC#CC#CC#CC#CC#CC#CC#CC#CC#CC#CC#CC#CC#CC#CC#CC#CC#CC#CC#CC#N. The molecule has 0 aromatic carbocycles. The van der Waals surface area contributed by atoms with Crippen LogP contribution in [0.15, 0.2) is 0 Å². The summed E-state index contributed by atoms with van der Waals surface area (Å²) in [7, 11) is 0. The van der Waals surface area contributed by atoms with Gasteiger partial charge in [-0.2, -0.15) is 5.26 Å². The van der Waals surface area contributed by atoms with Crippen molar-refractivity contribution in [2.24, 2.45) is 0 Å². The number of hydrogen-bond donors (Lipinski definition) is 0. The van der Waals surface area contributed by atoms with Crippen molar-refractivity contribution in [3.8, 4) is 456 Å². The van der Waals surface area contributed by atoms with Crippen molar-refractivity contribution in [2.45, 2.75) is 6.92 Å². The molecule has 0 aromatic heterocycles. The minimum absolute atomic E-state index is 1.63. The molecule has 0 aromatic rings. The molecule has 0 aliphatic carbocycles. The average Bonchev–Trinajstić information content (AvgIpc) is 3.46. The van der Waals surface area contributed by atoms with Crippen LogP contribution in [0.2, 0.25) is 0 Å². The van der Waals surface area contributed by atoms with Gasteiger partial charge in [-0.1, -0.05) is 5.92 Å². The second-order valence-corrected chi connectivity index (χ2v) is 9.74. The Morgan fingerprint density at radius 1 is 0.101 bits per heavy atom. The van der Waals surface area contributed by atoms with Gasteiger partial charge in [-0.15, -0.1) is 0 Å². The molecule has 0 aliphatic heterocycles. The van der Waals surface area contributed by atoms with Gasteiger partial charge in [-0.3, -0.25) is 0 Å². The lowest BCUT2D eigenvalue weighted by Crippen LogP contribution is -1.57. The molecule has 79 heavy (non-hydrogen) atoms. The van der Waals surface area contributed by atoms with Crippen molar-refractivity contribution < 1.29 is 0 Å². The number of rotatable bonds is 0. The van der Waals surface area contributed by atoms with E-state index in [1.165, 1.54) is 0 Å². The Morgan fingerprint density at radius 2 is 0.165 bits per heavy atom. The fourth-order valence-corrected chi connectivity index (χ4v) is 2.37. The molecule has 0 fully saturated rings. The van der Waals surface area contributed by atoms with Gasteiger partial charge in [0.15, 0.2) is 6.07 Å². The molecule has 0 bridgehead atoms. The van der Waals surface area contributed by atoms with E-state index >= 15 is 0 Å². The number of hydrogen-bond acceptors (Lipinski definition) is 1. The zero-order valence-electron chi connectivity index (χ0n) is 39.9. The molecular formula is C78H3N. The molecule has 1 nitrogen and oxygen atoms in total. The maximum absolute atomic E-state index is 8.21. The molecule has 0 unspecified atom stereocenters. The Labute approximate surface area is 465 Å². The monoisotopic (exact) mass is 953 g/mol. The van der Waals surface area contributed by atoms with Crippen molar-refractivity contribution in [1.82, 2.24) is 0 Å². The second-order valence-electron chi connectivity index (χ2n) is 9.74. The smallest absolute Gasteiger partial charge is 0.153 e. The first kappa shape index (κ1) is 61.8. The molecule has 0 heterocycles. The van der Waals surface area contributed by atoms with Crippen molar-refractivity contribution >= 4 is 0 Å². The summed E-state index contributed by atoms with van der Waals surface area (Å²) in [5.41, 5.74) is 0. The largest absolute Gasteiger partial charge is 0.183 e. The minimum Gasteiger partial charge on any atom is -0.183 e. The van der Waals surface area contributed by atoms with Crippen molar-refractivity contribution in [2.75, 3.05) is 0 Å². The Bertz CT molecular complexity index is 5330. The van der Waals surface area contributed by atoms with Crippen molar-refractivity contribution in [1.29, 1.82) is 5.26 Å². The van der Waals surface area contributed by atoms with Crippen LogP contribution in [-0.2, 0) is 0 Å². The predicted molar refractivity (Wildman–Crippen MR) is 307 cm³/mol. The highest BCUT2D eigenvalue weighted by Gasteiger charge is 1.65. The Morgan fingerprint density at radius 3 is 0.228 bits per heavy atom. The normalized spacial score (nSPS) is 3.95. The van der Waals surface area contributed by atoms with Crippen LogP contribution in [0.1, 0.15) is 6.92 Å². The van der Waals surface area contributed by atoms with Gasteiger partial charge in [0.05, 0.1) is 0 Å². The van der Waals surface area contributed by atoms with E-state index in [4.69, 9.17) is 5.26 Å². The third-order valence-electron chi connectivity index (χ3n) is 4.81. The van der Waals surface area contributed by atoms with Gasteiger partial charge in [0.1, 0.15) is 0 Å². The molecule has 0 aliphatic rings. The van der Waals surface area contributed by atoms with Crippen LogP contribution in [0.3, 0.4) is 0 Å². The van der Waals surface area contributed by atoms with Crippen LogP contribution in [0, 0.1) is 461 Å². The molecule has 1 heteroatoms. The lowest BCUT2D eigenvalue weighted by molar-refractivity contribution is 1.55. The van der Waals surface area contributed by atoms with Crippen LogP contribution in [0.4, 0.5) is 0 Å². The van der Waals surface area contributed by atoms with Gasteiger partial charge in [-0.25, -0.2) is 0 Å². The lowest BCUT2D eigenvalue weighted by atomic mass is 10.4. The van der Waals surface area contributed by atoms with Gasteiger partial charge < -0.3 is 0 Å². The minimum atomic E-state index is 1.63. The summed E-state index contributed by atoms with van der Waals surface area (Å²) in [5, 5.41) is 8.21. The first-order chi connectivity index (χ1) is 39.4. The van der Waals surface area contributed by atoms with Gasteiger partial charge in [0.2, 0.25) is 0 Å². The molecule has 0 amide bonds. The summed E-state index contributed by atoms with van der Waals surface area (Å²) in [5.74, 6) is 189. The molecule has 0 atom stereocenters. The van der Waals surface area contributed by atoms with Gasteiger partial charge in [0, 0.05) is 397 Å². The number of nitriles is 1. The molecule has 0 radical (unpaired) electrons. The van der Waals surface area contributed by atoms with E-state index in [1.807, 2.05) is 0 Å². The van der Waals surface area contributed by atoms with E-state index in [-0.39, 0.29) is 0 Å². The lowest BCUT2D eigenvalue weighted by Gasteiger charge is -1.58. The fraction of sp³-hybridized carbons (Fsp3) is 0.0128. The van der Waals surface area contributed by atoms with E-state index in [0.29, 0.717) is 0 Å². The summed E-state index contributed by atoms with van der Waals surface area (Å²) in [6.45, 7) is 1.68. The second kappa shape index (κ2) is 60.8. The quantitative estimate of drug-likeness (QED) is 0.328. The summed E-state index contributed by atoms with van der Waals surface area (Å²) in [4.78, 5) is 0. The van der Waals surface area contributed by atoms with Crippen LogP contribution in [0.25, 0.3) is 0 Å². The predicted octanol–water partition coefficient (Wildman–Crippen LogP) is 0.659. The van der Waals surface area contributed by atoms with E-state index < -0.39 is 0 Å². The maximum atomic E-state index is 8.21. The van der Waals surface area contributed by atoms with Crippen molar-refractivity contribution in [3.63, 3.8) is 0 Å². The zero-order chi connectivity index (χ0) is 56.4. The first-order valence-electron chi connectivity index (χ1n) is 19.7. The summed E-state index contributed by atoms with van der Waals surface area (Å²) >= 11 is 0. The summed E-state index contributed by atoms with van der Waals surface area (Å²) in [6, 6.07) is 1.63. The van der Waals surface area contributed by atoms with E-state index in [2.05, 4.69) is 450 Å². The number of nitrogens with zero attached hydrogens (tertiary/aromatic N) is 1. The zero-order valence-corrected chi connectivity index (χ0v) is 39.9. The molecule has 0 saturated heterocycles. The van der Waals surface area contributed by atoms with Crippen LogP contribution >= 0.6 is 0 Å². The molecule has 320 valence electrons. The first-order valence-corrected chi connectivity index (χ1v) is 19.7. The highest BCUT2D eigenvalue weighted by atomic mass is 14.2. The Hall–Kier alpha value is -17.2. The summed E-state index contributed by atoms with van der Waals surface area (Å²) in [6.07, 6.45) is 0. The Kier molecular flexibility index (Phi) is 47.5. The third-order valence-corrected chi connectivity index (χ3v) is 4.81. The molecule has 0 N–H and O–H groups in total. The molecule has 0 saturated carbocycles. The van der Waals surface area contributed by atoms with Crippen LogP contribution in [-0.4, -0.2) is 0 Å². The van der Waals surface area contributed by atoms with Gasteiger partial charge in [-0.05, 0) is 54.3 Å². The topological polar surface area (TPSA) is 23.8 Å². The average molecular weight is 954 g/mol. The van der Waals surface area contributed by atoms with Crippen LogP contribution < -0.4 is 0 Å². The highest BCUT2D eigenvalue weighted by Crippen LogP contribution is 1.65. The third kappa shape index (κ3) is 60.8. The van der Waals surface area contributed by atoms with E-state index in [9.17, 15) is 0 Å². The van der Waals surface area contributed by atoms with Gasteiger partial charge >= 0.3 is 0 Å². The highest BCUT2D eigenvalue weighted by molar-refractivity contribution is 5.53.